The highest BCUT2D eigenvalue weighted by Crippen LogP contribution is 1.94. The van der Waals surface area contributed by atoms with Crippen molar-refractivity contribution in [3.05, 3.63) is 23.3 Å². The molecule has 1 N–H and O–H groups in total. The Morgan fingerprint density at radius 3 is 2.70 bits per heavy atom. The SMILES string of the molecule is CC.OCC1=C=C=COC1. The van der Waals surface area contributed by atoms with Gasteiger partial charge in [-0.2, -0.15) is 0 Å². The summed E-state index contributed by atoms with van der Waals surface area (Å²) in [6, 6.07) is 0. The van der Waals surface area contributed by atoms with Crippen LogP contribution < -0.4 is 0 Å². The van der Waals surface area contributed by atoms with Crippen LogP contribution in [0, 0.1) is 0 Å². The number of rotatable bonds is 1. The molecule has 1 heterocycles. The van der Waals surface area contributed by atoms with Gasteiger partial charge in [0.25, 0.3) is 0 Å². The Kier molecular flexibility index (Phi) is 5.60. The van der Waals surface area contributed by atoms with Crippen LogP contribution in [0.2, 0.25) is 0 Å². The lowest BCUT2D eigenvalue weighted by Gasteiger charge is -2.00. The van der Waals surface area contributed by atoms with Gasteiger partial charge in [0.1, 0.15) is 12.9 Å². The molecule has 2 heteroatoms. The van der Waals surface area contributed by atoms with Crippen LogP contribution in [0.15, 0.2) is 23.3 Å². The van der Waals surface area contributed by atoms with Gasteiger partial charge in [0.05, 0.1) is 6.61 Å². The summed E-state index contributed by atoms with van der Waals surface area (Å²) in [7, 11) is 0. The summed E-state index contributed by atoms with van der Waals surface area (Å²) >= 11 is 0. The molecule has 1 aliphatic heterocycles. The van der Waals surface area contributed by atoms with Gasteiger partial charge in [-0.05, 0) is 5.73 Å². The van der Waals surface area contributed by atoms with Crippen molar-refractivity contribution in [3.8, 4) is 0 Å². The Morgan fingerprint density at radius 2 is 2.40 bits per heavy atom. The van der Waals surface area contributed by atoms with Crippen molar-refractivity contribution in [3.63, 3.8) is 0 Å². The smallest absolute Gasteiger partial charge is 0.134 e. The van der Waals surface area contributed by atoms with Gasteiger partial charge in [-0.15, -0.1) is 0 Å². The highest BCUT2D eigenvalue weighted by Gasteiger charge is 1.93. The van der Waals surface area contributed by atoms with Crippen molar-refractivity contribution in [2.24, 2.45) is 0 Å². The van der Waals surface area contributed by atoms with Crippen molar-refractivity contribution < 1.29 is 9.84 Å². The molecule has 0 spiro atoms. The molecular weight excluding hydrogens is 128 g/mol. The summed E-state index contributed by atoms with van der Waals surface area (Å²) in [4.78, 5) is 0. The fourth-order valence-electron chi connectivity index (χ4n) is 0.437. The molecule has 1 aliphatic rings. The highest BCUT2D eigenvalue weighted by molar-refractivity contribution is 5.04. The lowest BCUT2D eigenvalue weighted by molar-refractivity contribution is 0.246. The summed E-state index contributed by atoms with van der Waals surface area (Å²) in [6.07, 6.45) is 1.43. The summed E-state index contributed by atoms with van der Waals surface area (Å²) in [5.74, 6) is 0. The minimum absolute atomic E-state index is 0.0147. The highest BCUT2D eigenvalue weighted by atomic mass is 16.5. The fraction of sp³-hybridized carbons (Fsp3) is 0.500. The predicted octanol–water partition coefficient (Wildman–Crippen LogP) is 1.23. The van der Waals surface area contributed by atoms with E-state index in [9.17, 15) is 0 Å². The van der Waals surface area contributed by atoms with Crippen molar-refractivity contribution in [1.82, 2.24) is 0 Å². The number of hydrogen-bond donors (Lipinski definition) is 1. The van der Waals surface area contributed by atoms with E-state index < -0.39 is 0 Å². The molecule has 0 saturated carbocycles. The Labute approximate surface area is 61.1 Å². The normalized spacial score (nSPS) is 12.9. The molecule has 2 nitrogen and oxygen atoms in total. The molecule has 0 aromatic carbocycles. The zero-order chi connectivity index (χ0) is 7.82. The first-order valence-electron chi connectivity index (χ1n) is 3.34. The number of hydrogen-bond acceptors (Lipinski definition) is 2. The lowest BCUT2D eigenvalue weighted by Crippen LogP contribution is -1.98. The van der Waals surface area contributed by atoms with E-state index in [1.54, 1.807) is 0 Å². The maximum Gasteiger partial charge on any atom is 0.134 e. The molecule has 0 saturated heterocycles. The number of aliphatic hydroxyl groups excluding tert-OH is 1. The van der Waals surface area contributed by atoms with Gasteiger partial charge in [0.2, 0.25) is 0 Å². The van der Waals surface area contributed by atoms with Gasteiger partial charge in [-0.1, -0.05) is 19.6 Å². The molecular formula is C8H12O2. The van der Waals surface area contributed by atoms with Gasteiger partial charge >= 0.3 is 0 Å². The molecule has 0 fully saturated rings. The number of aliphatic hydroxyl groups is 1. The van der Waals surface area contributed by atoms with Crippen LogP contribution in [0.5, 0.6) is 0 Å². The second-order valence-corrected chi connectivity index (χ2v) is 1.46. The van der Waals surface area contributed by atoms with E-state index in [1.165, 1.54) is 6.26 Å². The average molecular weight is 140 g/mol. The van der Waals surface area contributed by atoms with Crippen LogP contribution in [0.4, 0.5) is 0 Å². The third-order valence-electron chi connectivity index (χ3n) is 0.840. The van der Waals surface area contributed by atoms with Crippen LogP contribution in [0.3, 0.4) is 0 Å². The number of ether oxygens (including phenoxy) is 1. The Bertz CT molecular complexity index is 170. The molecule has 0 aromatic rings. The molecule has 0 aromatic heterocycles. The molecule has 1 rings (SSSR count). The summed E-state index contributed by atoms with van der Waals surface area (Å²) in [6.45, 7) is 4.46. The standard InChI is InChI=1S/C6H6O2.C2H6/c7-4-6-2-1-3-8-5-6;1-2/h3,7H,4-5H2;1-2H3. The first-order chi connectivity index (χ1) is 4.93. The molecule has 0 amide bonds. The van der Waals surface area contributed by atoms with E-state index in [4.69, 9.17) is 9.84 Å². The molecule has 0 aliphatic carbocycles. The molecule has 56 valence electrons. The van der Waals surface area contributed by atoms with Gasteiger partial charge in [-0.25, -0.2) is 0 Å². The van der Waals surface area contributed by atoms with Crippen LogP contribution >= 0.6 is 0 Å². The Balaban J connectivity index is 0.000000371. The van der Waals surface area contributed by atoms with Gasteiger partial charge < -0.3 is 9.84 Å². The Morgan fingerprint density at radius 1 is 1.70 bits per heavy atom. The monoisotopic (exact) mass is 140 g/mol. The quantitative estimate of drug-likeness (QED) is 0.555. The van der Waals surface area contributed by atoms with E-state index in [0.717, 1.165) is 5.57 Å². The fourth-order valence-corrected chi connectivity index (χ4v) is 0.437. The van der Waals surface area contributed by atoms with Gasteiger partial charge in [0.15, 0.2) is 0 Å². The molecule has 0 radical (unpaired) electrons. The summed E-state index contributed by atoms with van der Waals surface area (Å²) in [5.41, 5.74) is 6.04. The van der Waals surface area contributed by atoms with Crippen LogP contribution in [-0.4, -0.2) is 18.3 Å². The summed E-state index contributed by atoms with van der Waals surface area (Å²) in [5, 5.41) is 8.46. The summed E-state index contributed by atoms with van der Waals surface area (Å²) < 4.78 is 4.78. The second kappa shape index (κ2) is 6.18. The van der Waals surface area contributed by atoms with Crippen molar-refractivity contribution in [1.29, 1.82) is 0 Å². The zero-order valence-corrected chi connectivity index (χ0v) is 6.35. The van der Waals surface area contributed by atoms with Crippen LogP contribution in [0.1, 0.15) is 13.8 Å². The molecule has 0 bridgehead atoms. The Hall–Kier alpha value is -0.940. The minimum atomic E-state index is 0.0147. The van der Waals surface area contributed by atoms with E-state index in [-0.39, 0.29) is 6.61 Å². The van der Waals surface area contributed by atoms with E-state index in [1.807, 2.05) is 13.8 Å². The van der Waals surface area contributed by atoms with Gasteiger partial charge in [0, 0.05) is 5.57 Å². The van der Waals surface area contributed by atoms with Crippen LogP contribution in [-0.2, 0) is 4.74 Å². The third-order valence-corrected chi connectivity index (χ3v) is 0.840. The average Bonchev–Trinajstić information content (AvgIpc) is 2.10. The molecule has 0 unspecified atom stereocenters. The zero-order valence-electron chi connectivity index (χ0n) is 6.35. The molecule has 10 heavy (non-hydrogen) atoms. The van der Waals surface area contributed by atoms with Crippen molar-refractivity contribution in [2.75, 3.05) is 13.2 Å². The topological polar surface area (TPSA) is 29.5 Å². The maximum atomic E-state index is 8.46. The predicted molar refractivity (Wildman–Crippen MR) is 39.5 cm³/mol. The largest absolute Gasteiger partial charge is 0.487 e. The van der Waals surface area contributed by atoms with E-state index in [0.29, 0.717) is 6.61 Å². The second-order valence-electron chi connectivity index (χ2n) is 1.46. The maximum absolute atomic E-state index is 8.46. The minimum Gasteiger partial charge on any atom is -0.487 e. The molecule has 0 atom stereocenters. The first kappa shape index (κ1) is 9.06. The first-order valence-corrected chi connectivity index (χ1v) is 3.34. The lowest BCUT2D eigenvalue weighted by atomic mass is 10.3. The third kappa shape index (κ3) is 3.16. The van der Waals surface area contributed by atoms with Crippen molar-refractivity contribution >= 4 is 0 Å². The van der Waals surface area contributed by atoms with E-state index in [2.05, 4.69) is 11.5 Å². The van der Waals surface area contributed by atoms with Crippen molar-refractivity contribution in [2.45, 2.75) is 13.8 Å². The van der Waals surface area contributed by atoms with Crippen LogP contribution in [0.25, 0.3) is 0 Å². The van der Waals surface area contributed by atoms with Gasteiger partial charge in [-0.3, -0.25) is 0 Å². The van der Waals surface area contributed by atoms with E-state index >= 15 is 0 Å².